The van der Waals surface area contributed by atoms with Gasteiger partial charge >= 0.3 is 5.97 Å². The number of hydrogen-bond donors (Lipinski definition) is 3. The summed E-state index contributed by atoms with van der Waals surface area (Å²) >= 11 is 0. The molecule has 1 fully saturated rings. The van der Waals surface area contributed by atoms with Crippen LogP contribution in [-0.4, -0.2) is 46.9 Å². The molecule has 0 spiro atoms. The Kier molecular flexibility index (Phi) is 8.66. The van der Waals surface area contributed by atoms with Crippen molar-refractivity contribution in [2.75, 3.05) is 7.11 Å². The molecule has 6 atom stereocenters. The predicted molar refractivity (Wildman–Crippen MR) is 121 cm³/mol. The van der Waals surface area contributed by atoms with E-state index in [1.54, 1.807) is 0 Å². The third-order valence-corrected chi connectivity index (χ3v) is 6.75. The smallest absolute Gasteiger partial charge is 0.330 e. The quantitative estimate of drug-likeness (QED) is 0.295. The summed E-state index contributed by atoms with van der Waals surface area (Å²) in [5, 5.41) is 24.7. The Labute approximate surface area is 186 Å². The molecule has 3 N–H and O–H groups in total. The Morgan fingerprint density at radius 2 is 2.06 bits per heavy atom. The minimum Gasteiger partial charge on any atom is -0.466 e. The first kappa shape index (κ1) is 25.3. The Balaban J connectivity index is 2.10. The lowest BCUT2D eigenvalue weighted by Crippen LogP contribution is -2.53. The van der Waals surface area contributed by atoms with Crippen LogP contribution in [0, 0.1) is 23.7 Å². The zero-order valence-electron chi connectivity index (χ0n) is 19.7. The van der Waals surface area contributed by atoms with Gasteiger partial charge in [0, 0.05) is 24.0 Å². The molecule has 1 heterocycles. The molecule has 174 valence electrons. The van der Waals surface area contributed by atoms with Gasteiger partial charge in [-0.1, -0.05) is 44.1 Å². The van der Waals surface area contributed by atoms with Crippen LogP contribution < -0.4 is 5.32 Å². The van der Waals surface area contributed by atoms with Gasteiger partial charge in [0.15, 0.2) is 5.60 Å². The van der Waals surface area contributed by atoms with Crippen LogP contribution in [0.2, 0.25) is 0 Å². The van der Waals surface area contributed by atoms with E-state index >= 15 is 0 Å². The first-order valence-corrected chi connectivity index (χ1v) is 11.3. The number of amides is 1. The van der Waals surface area contributed by atoms with E-state index in [4.69, 9.17) is 0 Å². The van der Waals surface area contributed by atoms with Gasteiger partial charge in [-0.15, -0.1) is 0 Å². The second-order valence-corrected chi connectivity index (χ2v) is 9.64. The summed E-state index contributed by atoms with van der Waals surface area (Å²) in [6.45, 7) is 10.4. The summed E-state index contributed by atoms with van der Waals surface area (Å²) in [5.74, 6) is -0.703. The molecule has 1 aliphatic carbocycles. The van der Waals surface area contributed by atoms with Crippen molar-refractivity contribution in [2.24, 2.45) is 23.7 Å². The van der Waals surface area contributed by atoms with Gasteiger partial charge in [-0.05, 0) is 57.4 Å². The maximum absolute atomic E-state index is 12.9. The number of rotatable bonds is 9. The average molecular weight is 434 g/mol. The highest BCUT2D eigenvalue weighted by molar-refractivity contribution is 5.90. The summed E-state index contributed by atoms with van der Waals surface area (Å²) < 4.78 is 4.52. The number of carbonyl (C=O) groups excluding carboxylic acids is 2. The molecule has 31 heavy (non-hydrogen) atoms. The molecule has 0 aromatic heterocycles. The number of allylic oxidation sites excluding steroid dienone is 2. The largest absolute Gasteiger partial charge is 0.466 e. The molecular formula is C25H39NO5. The van der Waals surface area contributed by atoms with Crippen LogP contribution in [0.1, 0.15) is 60.3 Å². The third-order valence-electron chi connectivity index (χ3n) is 6.75. The molecule has 1 aliphatic heterocycles. The summed E-state index contributed by atoms with van der Waals surface area (Å²) in [6.07, 6.45) is 8.82. The van der Waals surface area contributed by atoms with Crippen molar-refractivity contribution in [2.45, 2.75) is 78.0 Å². The molecule has 2 rings (SSSR count). The van der Waals surface area contributed by atoms with Gasteiger partial charge in [0.2, 0.25) is 0 Å². The Hall–Kier alpha value is -1.92. The van der Waals surface area contributed by atoms with E-state index in [0.29, 0.717) is 12.3 Å². The topological polar surface area (TPSA) is 95.9 Å². The minimum atomic E-state index is -1.43. The number of methoxy groups -OCH3 is 1. The second-order valence-electron chi connectivity index (χ2n) is 9.64. The number of hydrogen-bond acceptors (Lipinski definition) is 5. The number of fused-ring (bicyclic) bond motifs is 1. The van der Waals surface area contributed by atoms with Crippen molar-refractivity contribution in [3.63, 3.8) is 0 Å². The van der Waals surface area contributed by atoms with Crippen LogP contribution in [0.15, 0.2) is 35.5 Å². The maximum Gasteiger partial charge on any atom is 0.330 e. The fourth-order valence-electron chi connectivity index (χ4n) is 5.00. The lowest BCUT2D eigenvalue weighted by molar-refractivity contribution is -0.143. The molecule has 0 radical (unpaired) electrons. The van der Waals surface area contributed by atoms with Crippen molar-refractivity contribution in [1.29, 1.82) is 0 Å². The summed E-state index contributed by atoms with van der Waals surface area (Å²) in [6, 6.07) is -0.0240. The van der Waals surface area contributed by atoms with E-state index < -0.39 is 17.7 Å². The van der Waals surface area contributed by atoms with Crippen LogP contribution in [0.5, 0.6) is 0 Å². The fraction of sp³-hybridized carbons (Fsp3) is 0.680. The zero-order chi connectivity index (χ0) is 23.3. The standard InChI is InChI=1S/C25H39NO5/c1-15(2)12-21-23-18(5)17(4)14-19(25(23,30)24(29)26-21)13-16(3)8-7-9-20(27)10-11-22(28)31-6/h10-11,13-15,18-21,23,27,30H,7-9,12H2,1-6H3,(H,26,29)/t18-,19+,20-,21+,23+,25-/m1/s1. The van der Waals surface area contributed by atoms with E-state index in [1.807, 2.05) is 19.1 Å². The van der Waals surface area contributed by atoms with Gasteiger partial charge in [0.25, 0.3) is 5.91 Å². The highest BCUT2D eigenvalue weighted by Gasteiger charge is 2.60. The van der Waals surface area contributed by atoms with E-state index in [9.17, 15) is 19.8 Å². The van der Waals surface area contributed by atoms with Gasteiger partial charge in [0.1, 0.15) is 0 Å². The summed E-state index contributed by atoms with van der Waals surface area (Å²) in [7, 11) is 1.30. The van der Waals surface area contributed by atoms with Crippen molar-refractivity contribution in [3.05, 3.63) is 35.5 Å². The zero-order valence-corrected chi connectivity index (χ0v) is 19.7. The lowest BCUT2D eigenvalue weighted by Gasteiger charge is -2.42. The van der Waals surface area contributed by atoms with Crippen molar-refractivity contribution in [3.8, 4) is 0 Å². The van der Waals surface area contributed by atoms with E-state index in [-0.39, 0.29) is 29.7 Å². The van der Waals surface area contributed by atoms with Crippen LogP contribution in [0.3, 0.4) is 0 Å². The number of nitrogens with one attached hydrogen (secondary N) is 1. The molecule has 6 heteroatoms. The SMILES string of the molecule is COC(=O)C=C[C@H](O)CCCC(C)=C[C@H]1C=C(C)[C@@H](C)[C@H]2[C@H](CC(C)C)NC(=O)[C@@]12O. The Bertz CT molecular complexity index is 753. The fourth-order valence-corrected chi connectivity index (χ4v) is 5.00. The minimum absolute atomic E-state index is 0.0240. The second kappa shape index (κ2) is 10.6. The van der Waals surface area contributed by atoms with Crippen LogP contribution in [-0.2, 0) is 14.3 Å². The van der Waals surface area contributed by atoms with Crippen LogP contribution in [0.4, 0.5) is 0 Å². The maximum atomic E-state index is 12.9. The van der Waals surface area contributed by atoms with Gasteiger partial charge in [-0.25, -0.2) is 4.79 Å². The van der Waals surface area contributed by atoms with E-state index in [2.05, 4.69) is 37.7 Å². The summed E-state index contributed by atoms with van der Waals surface area (Å²) in [4.78, 5) is 24.0. The van der Waals surface area contributed by atoms with Gasteiger partial charge in [-0.3, -0.25) is 4.79 Å². The molecular weight excluding hydrogens is 394 g/mol. The molecule has 1 saturated heterocycles. The first-order valence-electron chi connectivity index (χ1n) is 11.3. The Morgan fingerprint density at radius 1 is 1.39 bits per heavy atom. The predicted octanol–water partition coefficient (Wildman–Crippen LogP) is 3.30. The normalized spacial score (nSPS) is 32.1. The molecule has 1 amide bonds. The van der Waals surface area contributed by atoms with Gasteiger partial charge in [-0.2, -0.15) is 0 Å². The molecule has 0 aromatic carbocycles. The van der Waals surface area contributed by atoms with Crippen molar-refractivity contribution in [1.82, 2.24) is 5.32 Å². The van der Waals surface area contributed by atoms with Crippen LogP contribution >= 0.6 is 0 Å². The summed E-state index contributed by atoms with van der Waals surface area (Å²) in [5.41, 5.74) is 0.847. The monoisotopic (exact) mass is 433 g/mol. The molecule has 0 bridgehead atoms. The lowest BCUT2D eigenvalue weighted by atomic mass is 9.63. The molecule has 2 aliphatic rings. The third kappa shape index (κ3) is 5.86. The highest BCUT2D eigenvalue weighted by atomic mass is 16.5. The van der Waals surface area contributed by atoms with Gasteiger partial charge in [0.05, 0.1) is 13.2 Å². The van der Waals surface area contributed by atoms with Crippen LogP contribution in [0.25, 0.3) is 0 Å². The number of ether oxygens (including phenoxy) is 1. The molecule has 0 saturated carbocycles. The van der Waals surface area contributed by atoms with E-state index in [0.717, 1.165) is 24.8 Å². The number of aliphatic hydroxyl groups is 2. The number of esters is 1. The molecule has 6 nitrogen and oxygen atoms in total. The van der Waals surface area contributed by atoms with E-state index in [1.165, 1.54) is 24.8 Å². The highest BCUT2D eigenvalue weighted by Crippen LogP contribution is 2.48. The number of aliphatic hydroxyl groups excluding tert-OH is 1. The molecule has 0 aromatic rings. The van der Waals surface area contributed by atoms with Gasteiger partial charge < -0.3 is 20.3 Å². The van der Waals surface area contributed by atoms with Crippen molar-refractivity contribution >= 4 is 11.9 Å². The first-order chi connectivity index (χ1) is 14.5. The molecule has 0 unspecified atom stereocenters. The van der Waals surface area contributed by atoms with Crippen molar-refractivity contribution < 1.29 is 24.5 Å². The Morgan fingerprint density at radius 3 is 2.68 bits per heavy atom. The number of carbonyl (C=O) groups is 2. The average Bonchev–Trinajstić information content (AvgIpc) is 2.94.